The van der Waals surface area contributed by atoms with Crippen LogP contribution in [0.25, 0.3) is 0 Å². The van der Waals surface area contributed by atoms with E-state index < -0.39 is 12.0 Å². The number of carboxylic acid groups (broad SMARTS) is 1. The molecule has 1 aliphatic heterocycles. The second kappa shape index (κ2) is 3.64. The average Bonchev–Trinajstić information content (AvgIpc) is 2.30. The fourth-order valence-corrected chi connectivity index (χ4v) is 1.61. The lowest BCUT2D eigenvalue weighted by Gasteiger charge is -2.15. The number of hydrogen-bond acceptors (Lipinski definition) is 3. The van der Waals surface area contributed by atoms with E-state index in [1.807, 2.05) is 0 Å². The first-order chi connectivity index (χ1) is 5.91. The van der Waals surface area contributed by atoms with E-state index in [-0.39, 0.29) is 11.5 Å². The van der Waals surface area contributed by atoms with E-state index >= 15 is 0 Å². The first-order valence-corrected chi connectivity index (χ1v) is 4.51. The summed E-state index contributed by atoms with van der Waals surface area (Å²) in [4.78, 5) is 10.5. The molecule has 13 heavy (non-hydrogen) atoms. The smallest absolute Gasteiger partial charge is 0.320 e. The lowest BCUT2D eigenvalue weighted by molar-refractivity contribution is -0.139. The number of nitrogens with two attached hydrogens (primary N) is 1. The molecular formula is C9H17NO3. The number of hydrogen-bond donors (Lipinski definition) is 2. The van der Waals surface area contributed by atoms with E-state index in [0.717, 1.165) is 6.42 Å². The van der Waals surface area contributed by atoms with Gasteiger partial charge in [-0.15, -0.1) is 0 Å². The third-order valence-electron chi connectivity index (χ3n) is 2.32. The maximum atomic E-state index is 10.5. The lowest BCUT2D eigenvalue weighted by atomic mass is 9.89. The van der Waals surface area contributed by atoms with Gasteiger partial charge in [0.15, 0.2) is 0 Å². The summed E-state index contributed by atoms with van der Waals surface area (Å²) in [5.74, 6) is -0.951. The topological polar surface area (TPSA) is 72.5 Å². The molecule has 1 aliphatic rings. The Hall–Kier alpha value is -0.610. The number of ether oxygens (including phenoxy) is 1. The van der Waals surface area contributed by atoms with Crippen molar-refractivity contribution in [3.05, 3.63) is 0 Å². The Bertz CT molecular complexity index is 203. The number of rotatable bonds is 3. The number of aliphatic carboxylic acids is 1. The Kier molecular flexibility index (Phi) is 2.93. The minimum Gasteiger partial charge on any atom is -0.480 e. The van der Waals surface area contributed by atoms with Crippen molar-refractivity contribution in [2.24, 2.45) is 11.1 Å². The van der Waals surface area contributed by atoms with Gasteiger partial charge in [0.05, 0.1) is 12.7 Å². The molecule has 0 radical (unpaired) electrons. The molecule has 76 valence electrons. The molecule has 1 unspecified atom stereocenters. The van der Waals surface area contributed by atoms with Gasteiger partial charge in [-0.25, -0.2) is 0 Å². The van der Waals surface area contributed by atoms with Crippen molar-refractivity contribution < 1.29 is 14.6 Å². The molecule has 0 bridgehead atoms. The minimum absolute atomic E-state index is 0.0149. The summed E-state index contributed by atoms with van der Waals surface area (Å²) in [7, 11) is 0. The van der Waals surface area contributed by atoms with Crippen LogP contribution in [0, 0.1) is 5.41 Å². The second-order valence-corrected chi connectivity index (χ2v) is 4.48. The van der Waals surface area contributed by atoms with Gasteiger partial charge in [-0.2, -0.15) is 0 Å². The molecule has 0 aromatic heterocycles. The molecule has 4 heteroatoms. The van der Waals surface area contributed by atoms with Crippen molar-refractivity contribution in [3.63, 3.8) is 0 Å². The van der Waals surface area contributed by atoms with Crippen LogP contribution in [0.3, 0.4) is 0 Å². The summed E-state index contributed by atoms with van der Waals surface area (Å²) in [6.45, 7) is 4.92. The highest BCUT2D eigenvalue weighted by molar-refractivity contribution is 5.73. The molecule has 2 atom stereocenters. The van der Waals surface area contributed by atoms with Gasteiger partial charge in [0.1, 0.15) is 6.04 Å². The van der Waals surface area contributed by atoms with Gasteiger partial charge in [0.25, 0.3) is 0 Å². The van der Waals surface area contributed by atoms with E-state index in [1.54, 1.807) is 0 Å². The maximum Gasteiger partial charge on any atom is 0.320 e. The van der Waals surface area contributed by atoms with Crippen molar-refractivity contribution in [2.75, 3.05) is 6.61 Å². The highest BCUT2D eigenvalue weighted by Gasteiger charge is 2.33. The van der Waals surface area contributed by atoms with Crippen LogP contribution in [-0.2, 0) is 9.53 Å². The summed E-state index contributed by atoms with van der Waals surface area (Å²) >= 11 is 0. The molecule has 1 fully saturated rings. The predicted molar refractivity (Wildman–Crippen MR) is 48.4 cm³/mol. The van der Waals surface area contributed by atoms with Crippen molar-refractivity contribution in [1.29, 1.82) is 0 Å². The normalized spacial score (nSPS) is 28.7. The Morgan fingerprint density at radius 2 is 2.38 bits per heavy atom. The van der Waals surface area contributed by atoms with Gasteiger partial charge >= 0.3 is 5.97 Å². The largest absolute Gasteiger partial charge is 0.480 e. The van der Waals surface area contributed by atoms with Crippen LogP contribution in [0.2, 0.25) is 0 Å². The molecule has 0 aromatic rings. The quantitative estimate of drug-likeness (QED) is 0.678. The Morgan fingerprint density at radius 1 is 1.77 bits per heavy atom. The van der Waals surface area contributed by atoms with Gasteiger partial charge in [-0.1, -0.05) is 13.8 Å². The van der Waals surface area contributed by atoms with Crippen LogP contribution in [0.1, 0.15) is 26.7 Å². The van der Waals surface area contributed by atoms with E-state index in [2.05, 4.69) is 13.8 Å². The summed E-state index contributed by atoms with van der Waals surface area (Å²) in [5, 5.41) is 8.59. The Labute approximate surface area is 78.1 Å². The van der Waals surface area contributed by atoms with Crippen LogP contribution >= 0.6 is 0 Å². The molecule has 1 heterocycles. The van der Waals surface area contributed by atoms with Crippen LogP contribution in [0.4, 0.5) is 0 Å². The molecule has 0 amide bonds. The van der Waals surface area contributed by atoms with Gasteiger partial charge in [0, 0.05) is 0 Å². The zero-order chi connectivity index (χ0) is 10.1. The molecule has 4 nitrogen and oxygen atoms in total. The second-order valence-electron chi connectivity index (χ2n) is 4.48. The monoisotopic (exact) mass is 187 g/mol. The Morgan fingerprint density at radius 3 is 2.77 bits per heavy atom. The maximum absolute atomic E-state index is 10.5. The SMILES string of the molecule is CC1(C)COC(C[C@H](N)C(=O)O)C1. The molecular weight excluding hydrogens is 170 g/mol. The lowest BCUT2D eigenvalue weighted by Crippen LogP contribution is -2.33. The van der Waals surface area contributed by atoms with Crippen LogP contribution in [0.15, 0.2) is 0 Å². The van der Waals surface area contributed by atoms with Gasteiger partial charge < -0.3 is 15.6 Å². The molecule has 0 saturated carbocycles. The fourth-order valence-electron chi connectivity index (χ4n) is 1.61. The molecule has 3 N–H and O–H groups in total. The molecule has 0 aromatic carbocycles. The van der Waals surface area contributed by atoms with E-state index in [0.29, 0.717) is 13.0 Å². The van der Waals surface area contributed by atoms with Crippen molar-refractivity contribution in [3.8, 4) is 0 Å². The third-order valence-corrected chi connectivity index (χ3v) is 2.32. The minimum atomic E-state index is -0.951. The van der Waals surface area contributed by atoms with Crippen molar-refractivity contribution >= 4 is 5.97 Å². The summed E-state index contributed by atoms with van der Waals surface area (Å²) in [6, 6.07) is -0.793. The molecule has 1 rings (SSSR count). The standard InChI is InChI=1S/C9H17NO3/c1-9(2)4-6(13-5-9)3-7(10)8(11)12/h6-7H,3-5,10H2,1-2H3,(H,11,12)/t6?,7-/m0/s1. The van der Waals surface area contributed by atoms with Gasteiger partial charge in [-0.05, 0) is 18.3 Å². The highest BCUT2D eigenvalue weighted by atomic mass is 16.5. The third kappa shape index (κ3) is 2.97. The van der Waals surface area contributed by atoms with Crippen LogP contribution in [-0.4, -0.2) is 29.8 Å². The predicted octanol–water partition coefficient (Wildman–Crippen LogP) is 0.603. The first-order valence-electron chi connectivity index (χ1n) is 4.51. The van der Waals surface area contributed by atoms with Crippen LogP contribution in [0.5, 0.6) is 0 Å². The molecule has 0 aliphatic carbocycles. The summed E-state index contributed by atoms with van der Waals surface area (Å²) in [5.41, 5.74) is 5.57. The van der Waals surface area contributed by atoms with Gasteiger partial charge in [-0.3, -0.25) is 4.79 Å². The zero-order valence-corrected chi connectivity index (χ0v) is 8.12. The number of carboxylic acids is 1. The highest BCUT2D eigenvalue weighted by Crippen LogP contribution is 2.32. The van der Waals surface area contributed by atoms with E-state index in [9.17, 15) is 4.79 Å². The van der Waals surface area contributed by atoms with Crippen LogP contribution < -0.4 is 5.73 Å². The first kappa shape index (κ1) is 10.5. The van der Waals surface area contributed by atoms with E-state index in [4.69, 9.17) is 15.6 Å². The Balaban J connectivity index is 2.36. The average molecular weight is 187 g/mol. The van der Waals surface area contributed by atoms with Gasteiger partial charge in [0.2, 0.25) is 0 Å². The number of carbonyl (C=O) groups is 1. The van der Waals surface area contributed by atoms with E-state index in [1.165, 1.54) is 0 Å². The van der Waals surface area contributed by atoms with Crippen molar-refractivity contribution in [2.45, 2.75) is 38.8 Å². The fraction of sp³-hybridized carbons (Fsp3) is 0.889. The molecule has 1 saturated heterocycles. The zero-order valence-electron chi connectivity index (χ0n) is 8.12. The summed E-state index contributed by atoms with van der Waals surface area (Å²) < 4.78 is 5.45. The summed E-state index contributed by atoms with van der Waals surface area (Å²) in [6.07, 6.45) is 1.33. The molecule has 0 spiro atoms. The van der Waals surface area contributed by atoms with Crippen molar-refractivity contribution in [1.82, 2.24) is 0 Å².